The van der Waals surface area contributed by atoms with Crippen LogP contribution in [0.5, 0.6) is 0 Å². The number of thioether (sulfide) groups is 1. The van der Waals surface area contributed by atoms with Crippen molar-refractivity contribution in [3.8, 4) is 11.3 Å². The number of anilines is 1. The van der Waals surface area contributed by atoms with Gasteiger partial charge in [0, 0.05) is 55.7 Å². The van der Waals surface area contributed by atoms with Gasteiger partial charge in [-0.2, -0.15) is 0 Å². The number of rotatable bonds is 9. The molecule has 0 radical (unpaired) electrons. The van der Waals surface area contributed by atoms with Crippen LogP contribution in [0.15, 0.2) is 96.2 Å². The molecule has 0 unspecified atom stereocenters. The molecular weight excluding hydrogens is 490 g/mol. The summed E-state index contributed by atoms with van der Waals surface area (Å²) in [5.74, 6) is 1.59. The van der Waals surface area contributed by atoms with Gasteiger partial charge in [-0.1, -0.05) is 91.5 Å². The van der Waals surface area contributed by atoms with Gasteiger partial charge in [0.1, 0.15) is 5.82 Å². The van der Waals surface area contributed by atoms with E-state index in [0.717, 1.165) is 66.1 Å². The topological polar surface area (TPSA) is 61.4 Å². The lowest BCUT2D eigenvalue weighted by atomic mass is 10.1. The van der Waals surface area contributed by atoms with Crippen molar-refractivity contribution in [2.24, 2.45) is 0 Å². The third-order valence-corrected chi connectivity index (χ3v) is 7.68. The van der Waals surface area contributed by atoms with Crippen molar-refractivity contribution in [3.63, 3.8) is 0 Å². The number of carbonyl (C=O) groups excluding carboxylic acids is 1. The van der Waals surface area contributed by atoms with E-state index in [1.54, 1.807) is 11.8 Å². The molecule has 1 aliphatic rings. The van der Waals surface area contributed by atoms with Crippen LogP contribution in [0.2, 0.25) is 0 Å². The molecule has 1 N–H and O–H groups in total. The molecule has 0 spiro atoms. The summed E-state index contributed by atoms with van der Waals surface area (Å²) < 4.78 is 0. The fourth-order valence-corrected chi connectivity index (χ4v) is 5.32. The smallest absolute Gasteiger partial charge is 0.251 e. The van der Waals surface area contributed by atoms with Crippen molar-refractivity contribution >= 4 is 23.5 Å². The van der Waals surface area contributed by atoms with Gasteiger partial charge in [0.05, 0.1) is 5.69 Å². The highest BCUT2D eigenvalue weighted by Crippen LogP contribution is 2.28. The summed E-state index contributed by atoms with van der Waals surface area (Å²) in [4.78, 5) is 27.4. The van der Waals surface area contributed by atoms with Crippen LogP contribution in [0, 0.1) is 0 Å². The lowest BCUT2D eigenvalue weighted by Crippen LogP contribution is -2.46. The lowest BCUT2D eigenvalue weighted by Gasteiger charge is -2.35. The molecule has 1 fully saturated rings. The first-order chi connectivity index (χ1) is 18.7. The number of likely N-dealkylation sites (N-methyl/N-ethyl adjacent to an activating group) is 1. The predicted octanol–water partition coefficient (Wildman–Crippen LogP) is 5.51. The molecule has 5 rings (SSSR count). The largest absolute Gasteiger partial charge is 0.354 e. The quantitative estimate of drug-likeness (QED) is 0.231. The molecule has 0 bridgehead atoms. The molecular formula is C31H33N5OS. The Bertz CT molecular complexity index is 1340. The second-order valence-electron chi connectivity index (χ2n) is 9.34. The fraction of sp³-hybridized carbons (Fsp3) is 0.258. The molecule has 194 valence electrons. The maximum atomic E-state index is 12.8. The van der Waals surface area contributed by atoms with E-state index in [-0.39, 0.29) is 5.91 Å². The number of hydrogen-bond acceptors (Lipinski definition) is 6. The van der Waals surface area contributed by atoms with Gasteiger partial charge in [0.15, 0.2) is 5.16 Å². The van der Waals surface area contributed by atoms with Crippen LogP contribution in [-0.4, -0.2) is 53.5 Å². The molecule has 1 aliphatic heterocycles. The highest BCUT2D eigenvalue weighted by atomic mass is 32.2. The van der Waals surface area contributed by atoms with Crippen LogP contribution >= 0.6 is 11.8 Å². The van der Waals surface area contributed by atoms with E-state index in [0.29, 0.717) is 17.9 Å². The summed E-state index contributed by atoms with van der Waals surface area (Å²) in [5.41, 5.74) is 4.82. The minimum Gasteiger partial charge on any atom is -0.354 e. The highest BCUT2D eigenvalue weighted by Gasteiger charge is 2.19. The third kappa shape index (κ3) is 6.79. The molecule has 4 aromatic rings. The fourth-order valence-electron chi connectivity index (χ4n) is 4.52. The lowest BCUT2D eigenvalue weighted by molar-refractivity contribution is 0.0951. The summed E-state index contributed by atoms with van der Waals surface area (Å²) in [6.07, 6.45) is 0. The van der Waals surface area contributed by atoms with Crippen molar-refractivity contribution in [3.05, 3.63) is 108 Å². The maximum absolute atomic E-state index is 12.8. The van der Waals surface area contributed by atoms with Crippen molar-refractivity contribution in [2.45, 2.75) is 24.4 Å². The van der Waals surface area contributed by atoms with E-state index >= 15 is 0 Å². The van der Waals surface area contributed by atoms with Crippen molar-refractivity contribution in [1.29, 1.82) is 0 Å². The Morgan fingerprint density at radius 2 is 1.55 bits per heavy atom. The Balaban J connectivity index is 1.30. The van der Waals surface area contributed by atoms with Gasteiger partial charge in [-0.15, -0.1) is 0 Å². The first-order valence-electron chi connectivity index (χ1n) is 13.1. The molecule has 1 saturated heterocycles. The standard InChI is InChI=1S/C31H33N5OS/c1-2-35-16-18-36(19-17-35)29-21-28(26-13-7-4-8-14-26)33-31(34-29)38-23-25-12-9-15-27(20-25)30(37)32-22-24-10-5-3-6-11-24/h3-15,20-21H,2,16-19,22-23H2,1H3,(H,32,37). The van der Waals surface area contributed by atoms with Crippen molar-refractivity contribution in [1.82, 2.24) is 20.2 Å². The Kier molecular flexibility index (Phi) is 8.68. The van der Waals surface area contributed by atoms with E-state index in [4.69, 9.17) is 9.97 Å². The predicted molar refractivity (Wildman–Crippen MR) is 155 cm³/mol. The molecule has 6 nitrogen and oxygen atoms in total. The van der Waals surface area contributed by atoms with Crippen LogP contribution in [0.1, 0.15) is 28.4 Å². The van der Waals surface area contributed by atoms with Crippen LogP contribution in [-0.2, 0) is 12.3 Å². The zero-order valence-corrected chi connectivity index (χ0v) is 22.5. The van der Waals surface area contributed by atoms with Gasteiger partial charge < -0.3 is 15.1 Å². The summed E-state index contributed by atoms with van der Waals surface area (Å²) >= 11 is 1.61. The Hall–Kier alpha value is -3.68. The Morgan fingerprint density at radius 1 is 0.842 bits per heavy atom. The number of piperazine rings is 1. The van der Waals surface area contributed by atoms with Gasteiger partial charge >= 0.3 is 0 Å². The molecule has 0 saturated carbocycles. The number of carbonyl (C=O) groups is 1. The van der Waals surface area contributed by atoms with Crippen molar-refractivity contribution in [2.75, 3.05) is 37.6 Å². The van der Waals surface area contributed by atoms with E-state index in [9.17, 15) is 4.79 Å². The summed E-state index contributed by atoms with van der Waals surface area (Å²) in [6.45, 7) is 7.81. The molecule has 3 aromatic carbocycles. The monoisotopic (exact) mass is 523 g/mol. The molecule has 7 heteroatoms. The molecule has 0 aliphatic carbocycles. The normalized spacial score (nSPS) is 13.9. The van der Waals surface area contributed by atoms with Crippen LogP contribution < -0.4 is 10.2 Å². The minimum atomic E-state index is -0.0727. The molecule has 1 amide bonds. The second-order valence-corrected chi connectivity index (χ2v) is 10.3. The number of nitrogens with one attached hydrogen (secondary N) is 1. The van der Waals surface area contributed by atoms with Crippen LogP contribution in [0.25, 0.3) is 11.3 Å². The second kappa shape index (κ2) is 12.7. The van der Waals surface area contributed by atoms with E-state index in [1.165, 1.54) is 0 Å². The van der Waals surface area contributed by atoms with Crippen molar-refractivity contribution < 1.29 is 4.79 Å². The first-order valence-corrected chi connectivity index (χ1v) is 14.1. The summed E-state index contributed by atoms with van der Waals surface area (Å²) in [5, 5.41) is 3.76. The van der Waals surface area contributed by atoms with Crippen LogP contribution in [0.3, 0.4) is 0 Å². The zero-order chi connectivity index (χ0) is 26.2. The number of benzene rings is 3. The van der Waals surface area contributed by atoms with Gasteiger partial charge in [0.2, 0.25) is 0 Å². The van der Waals surface area contributed by atoms with Gasteiger partial charge in [-0.25, -0.2) is 9.97 Å². The van der Waals surface area contributed by atoms with E-state index in [1.807, 2.05) is 72.8 Å². The van der Waals surface area contributed by atoms with E-state index < -0.39 is 0 Å². The minimum absolute atomic E-state index is 0.0727. The van der Waals surface area contributed by atoms with E-state index in [2.05, 4.69) is 40.2 Å². The maximum Gasteiger partial charge on any atom is 0.251 e. The van der Waals surface area contributed by atoms with Gasteiger partial charge in [0.25, 0.3) is 5.91 Å². The number of nitrogens with zero attached hydrogens (tertiary/aromatic N) is 4. The zero-order valence-electron chi connectivity index (χ0n) is 21.7. The number of amides is 1. The average Bonchev–Trinajstić information content (AvgIpc) is 3.00. The Morgan fingerprint density at radius 3 is 2.29 bits per heavy atom. The number of hydrogen-bond donors (Lipinski definition) is 1. The summed E-state index contributed by atoms with van der Waals surface area (Å²) in [6, 6.07) is 30.1. The molecule has 2 heterocycles. The number of aromatic nitrogens is 2. The third-order valence-electron chi connectivity index (χ3n) is 6.76. The average molecular weight is 524 g/mol. The highest BCUT2D eigenvalue weighted by molar-refractivity contribution is 7.98. The molecule has 1 aromatic heterocycles. The SMILES string of the molecule is CCN1CCN(c2cc(-c3ccccc3)nc(SCc3cccc(C(=O)NCc4ccccc4)c3)n2)CC1. The van der Waals surface area contributed by atoms with Gasteiger partial charge in [-0.05, 0) is 29.8 Å². The molecule has 0 atom stereocenters. The van der Waals surface area contributed by atoms with Gasteiger partial charge in [-0.3, -0.25) is 4.79 Å². The Labute approximate surface area is 229 Å². The first kappa shape index (κ1) is 25.9. The molecule has 38 heavy (non-hydrogen) atoms. The summed E-state index contributed by atoms with van der Waals surface area (Å²) in [7, 11) is 0. The van der Waals surface area contributed by atoms with Crippen LogP contribution in [0.4, 0.5) is 5.82 Å².